The second kappa shape index (κ2) is 17.6. The van der Waals surface area contributed by atoms with Gasteiger partial charge in [0.2, 0.25) is 0 Å². The minimum absolute atomic E-state index is 0.0405. The fourth-order valence-electron chi connectivity index (χ4n) is 11.9. The molecular formula is C74H68N2O2. The van der Waals surface area contributed by atoms with Gasteiger partial charge in [0, 0.05) is 50.4 Å². The van der Waals surface area contributed by atoms with Crippen LogP contribution in [0.25, 0.3) is 87.0 Å². The second-order valence-corrected chi connectivity index (χ2v) is 26.0. The Bertz CT molecular complexity index is 4240. The van der Waals surface area contributed by atoms with Gasteiger partial charge in [0.25, 0.3) is 0 Å². The van der Waals surface area contributed by atoms with Gasteiger partial charge in [-0.2, -0.15) is 0 Å². The maximum absolute atomic E-state index is 6.80. The highest BCUT2D eigenvalue weighted by molar-refractivity contribution is 6.18. The number of benzene rings is 11. The van der Waals surface area contributed by atoms with Crippen LogP contribution in [0.4, 0.5) is 34.1 Å². The van der Waals surface area contributed by atoms with E-state index in [1.165, 1.54) is 55.2 Å². The lowest BCUT2D eigenvalue weighted by molar-refractivity contribution is 0.589. The molecule has 0 aliphatic heterocycles. The number of fused-ring (bicyclic) bond motifs is 10. The van der Waals surface area contributed by atoms with Crippen molar-refractivity contribution in [3.63, 3.8) is 0 Å². The minimum atomic E-state index is -0.112. The summed E-state index contributed by atoms with van der Waals surface area (Å²) < 4.78 is 13.6. The molecule has 0 radical (unpaired) electrons. The molecule has 0 atom stereocenters. The van der Waals surface area contributed by atoms with Gasteiger partial charge in [0.15, 0.2) is 0 Å². The van der Waals surface area contributed by atoms with Crippen LogP contribution in [-0.4, -0.2) is 0 Å². The third-order valence-corrected chi connectivity index (χ3v) is 16.3. The molecule has 2 heterocycles. The Morgan fingerprint density at radius 1 is 0.256 bits per heavy atom. The van der Waals surface area contributed by atoms with E-state index < -0.39 is 0 Å². The highest BCUT2D eigenvalue weighted by atomic mass is 16.3. The Morgan fingerprint density at radius 3 is 0.936 bits per heavy atom. The zero-order valence-electron chi connectivity index (χ0n) is 47.2. The summed E-state index contributed by atoms with van der Waals surface area (Å²) in [5, 5.41) is 13.8. The molecule has 0 amide bonds. The Labute approximate surface area is 458 Å². The predicted octanol–water partition coefficient (Wildman–Crippen LogP) is 22.2. The lowest BCUT2D eigenvalue weighted by atomic mass is 9.83. The maximum Gasteiger partial charge on any atom is 0.139 e. The van der Waals surface area contributed by atoms with Crippen molar-refractivity contribution in [3.05, 3.63) is 216 Å². The van der Waals surface area contributed by atoms with E-state index in [0.717, 1.165) is 88.2 Å². The van der Waals surface area contributed by atoms with E-state index in [-0.39, 0.29) is 21.7 Å². The van der Waals surface area contributed by atoms with Gasteiger partial charge in [-0.15, -0.1) is 0 Å². The average Bonchev–Trinajstić information content (AvgIpc) is 4.13. The first-order valence-corrected chi connectivity index (χ1v) is 27.7. The number of hydrogen-bond acceptors (Lipinski definition) is 4. The van der Waals surface area contributed by atoms with Crippen LogP contribution in [0.1, 0.15) is 105 Å². The Kier molecular flexibility index (Phi) is 11.1. The molecule has 0 aliphatic carbocycles. The standard InChI is InChI=1S/C74H68N2O2/c1-71(2,3)53-23-29-55(30-24-53)75(65-39-47-19-15-13-17-45(47)37-63(65)73(7,8)9)57-27-21-49-35-59-61-43-62-60-36-50-22-28-58(34-52(50)42-68(60)78-70(62)44-69(61)77-67(59)41-51(49)33-57)76(56-31-25-54(26-32-56)72(4,5)6)66-40-48-20-16-14-18-46(48)38-64(66)74(10,11)12/h13-44H,1-12H3. The summed E-state index contributed by atoms with van der Waals surface area (Å²) in [6, 6.07) is 72.4. The van der Waals surface area contributed by atoms with E-state index in [1.807, 2.05) is 0 Å². The number of nitrogens with zero attached hydrogens (tertiary/aromatic N) is 2. The number of furan rings is 2. The zero-order valence-corrected chi connectivity index (χ0v) is 47.2. The lowest BCUT2D eigenvalue weighted by Gasteiger charge is -2.33. The molecule has 386 valence electrons. The largest absolute Gasteiger partial charge is 0.456 e. The van der Waals surface area contributed by atoms with Gasteiger partial charge in [-0.1, -0.05) is 168 Å². The highest BCUT2D eigenvalue weighted by Crippen LogP contribution is 2.48. The van der Waals surface area contributed by atoms with Gasteiger partial charge in [-0.05, 0) is 190 Å². The first-order valence-electron chi connectivity index (χ1n) is 27.7. The third kappa shape index (κ3) is 8.54. The van der Waals surface area contributed by atoms with Crippen molar-refractivity contribution in [2.75, 3.05) is 9.80 Å². The topological polar surface area (TPSA) is 32.8 Å². The molecule has 0 N–H and O–H groups in total. The summed E-state index contributed by atoms with van der Waals surface area (Å²) in [5.74, 6) is 0. The van der Waals surface area contributed by atoms with Crippen LogP contribution in [0.3, 0.4) is 0 Å². The fourth-order valence-corrected chi connectivity index (χ4v) is 11.9. The molecule has 13 aromatic rings. The summed E-state index contributed by atoms with van der Waals surface area (Å²) in [6.45, 7) is 27.5. The van der Waals surface area contributed by atoms with E-state index in [2.05, 4.69) is 287 Å². The minimum Gasteiger partial charge on any atom is -0.456 e. The molecule has 2 aromatic heterocycles. The van der Waals surface area contributed by atoms with Gasteiger partial charge in [-0.3, -0.25) is 0 Å². The van der Waals surface area contributed by atoms with Crippen LogP contribution in [-0.2, 0) is 21.7 Å². The number of rotatable bonds is 6. The van der Waals surface area contributed by atoms with Crippen molar-refractivity contribution in [2.45, 2.75) is 105 Å². The first kappa shape index (κ1) is 49.2. The maximum atomic E-state index is 6.80. The van der Waals surface area contributed by atoms with E-state index in [1.54, 1.807) is 0 Å². The molecule has 0 saturated heterocycles. The Morgan fingerprint density at radius 2 is 0.577 bits per heavy atom. The summed E-state index contributed by atoms with van der Waals surface area (Å²) in [7, 11) is 0. The number of anilines is 6. The molecule has 0 saturated carbocycles. The van der Waals surface area contributed by atoms with E-state index in [9.17, 15) is 0 Å². The average molecular weight is 1020 g/mol. The first-order chi connectivity index (χ1) is 37.1. The van der Waals surface area contributed by atoms with Gasteiger partial charge in [0.05, 0.1) is 11.4 Å². The van der Waals surface area contributed by atoms with Crippen LogP contribution >= 0.6 is 0 Å². The van der Waals surface area contributed by atoms with Crippen LogP contribution in [0.5, 0.6) is 0 Å². The van der Waals surface area contributed by atoms with Gasteiger partial charge in [0.1, 0.15) is 22.3 Å². The van der Waals surface area contributed by atoms with Gasteiger partial charge in [-0.25, -0.2) is 0 Å². The molecule has 0 bridgehead atoms. The monoisotopic (exact) mass is 1020 g/mol. The smallest absolute Gasteiger partial charge is 0.139 e. The Hall–Kier alpha value is -8.34. The van der Waals surface area contributed by atoms with Crippen molar-refractivity contribution in [1.82, 2.24) is 0 Å². The van der Waals surface area contributed by atoms with Gasteiger partial charge >= 0.3 is 0 Å². The summed E-state index contributed by atoms with van der Waals surface area (Å²) in [6.07, 6.45) is 0. The lowest BCUT2D eigenvalue weighted by Crippen LogP contribution is -2.19. The summed E-state index contributed by atoms with van der Waals surface area (Å²) in [5.41, 5.74) is 15.2. The molecule has 4 nitrogen and oxygen atoms in total. The second-order valence-electron chi connectivity index (χ2n) is 26.0. The van der Waals surface area contributed by atoms with Gasteiger partial charge < -0.3 is 18.6 Å². The molecule has 11 aromatic carbocycles. The van der Waals surface area contributed by atoms with Crippen molar-refractivity contribution in [2.24, 2.45) is 0 Å². The fraction of sp³-hybridized carbons (Fsp3) is 0.216. The van der Waals surface area contributed by atoms with E-state index in [4.69, 9.17) is 8.83 Å². The van der Waals surface area contributed by atoms with E-state index in [0.29, 0.717) is 0 Å². The molecule has 0 spiro atoms. The summed E-state index contributed by atoms with van der Waals surface area (Å²) in [4.78, 5) is 4.89. The quantitative estimate of drug-likeness (QED) is 0.166. The molecule has 0 fully saturated rings. The predicted molar refractivity (Wildman–Crippen MR) is 335 cm³/mol. The Balaban J connectivity index is 0.916. The normalized spacial score (nSPS) is 12.9. The van der Waals surface area contributed by atoms with Crippen LogP contribution < -0.4 is 9.80 Å². The molecule has 78 heavy (non-hydrogen) atoms. The zero-order chi connectivity index (χ0) is 54.2. The van der Waals surface area contributed by atoms with Crippen molar-refractivity contribution >= 4 is 121 Å². The summed E-state index contributed by atoms with van der Waals surface area (Å²) >= 11 is 0. The number of hydrogen-bond donors (Lipinski definition) is 0. The molecule has 0 aliphatic rings. The molecular weight excluding hydrogens is 949 g/mol. The van der Waals surface area contributed by atoms with Crippen LogP contribution in [0.15, 0.2) is 203 Å². The van der Waals surface area contributed by atoms with Crippen LogP contribution in [0, 0.1) is 0 Å². The third-order valence-electron chi connectivity index (χ3n) is 16.3. The molecule has 13 rings (SSSR count). The molecule has 4 heteroatoms. The van der Waals surface area contributed by atoms with Crippen LogP contribution in [0.2, 0.25) is 0 Å². The SMILES string of the molecule is CC(C)(C)c1ccc(N(c2ccc3cc4c(cc3c2)oc2cc3oc5cc6cc(N(c7ccc(C(C)(C)C)cc7)c7cc8ccccc8cc7C(C)(C)C)ccc6cc5c3cc24)c2cc3ccccc3cc2C(C)(C)C)cc1. The highest BCUT2D eigenvalue weighted by Gasteiger charge is 2.28. The van der Waals surface area contributed by atoms with E-state index >= 15 is 0 Å². The van der Waals surface area contributed by atoms with Crippen molar-refractivity contribution in [3.8, 4) is 0 Å². The van der Waals surface area contributed by atoms with Crippen molar-refractivity contribution < 1.29 is 8.83 Å². The van der Waals surface area contributed by atoms with Crippen molar-refractivity contribution in [1.29, 1.82) is 0 Å². The molecule has 0 unspecified atom stereocenters.